The van der Waals surface area contributed by atoms with Crippen LogP contribution in [0.2, 0.25) is 0 Å². The maximum Gasteiger partial charge on any atom is 0.293 e. The van der Waals surface area contributed by atoms with Gasteiger partial charge in [-0.3, -0.25) is 9.69 Å². The molecule has 1 atom stereocenters. The summed E-state index contributed by atoms with van der Waals surface area (Å²) in [5, 5.41) is 12.1. The fourth-order valence-corrected chi connectivity index (χ4v) is 2.69. The van der Waals surface area contributed by atoms with Crippen LogP contribution in [0, 0.1) is 0 Å². The number of hydrogen-bond acceptors (Lipinski definition) is 7. The van der Waals surface area contributed by atoms with E-state index >= 15 is 0 Å². The minimum Gasteiger partial charge on any atom is -0.462 e. The summed E-state index contributed by atoms with van der Waals surface area (Å²) in [6.45, 7) is 3.27. The molecular weight excluding hydrogens is 312 g/mol. The van der Waals surface area contributed by atoms with Gasteiger partial charge in [0.25, 0.3) is 5.56 Å². The monoisotopic (exact) mass is 334 g/mol. The summed E-state index contributed by atoms with van der Waals surface area (Å²) in [6, 6.07) is 3.66. The molecule has 2 aromatic heterocycles. The largest absolute Gasteiger partial charge is 0.462 e. The maximum absolute atomic E-state index is 11.9. The van der Waals surface area contributed by atoms with Gasteiger partial charge in [0.2, 0.25) is 0 Å². The summed E-state index contributed by atoms with van der Waals surface area (Å²) in [5.74, 6) is 1.73. The number of nitrogens with one attached hydrogen (secondary N) is 1. The second-order valence-electron chi connectivity index (χ2n) is 5.83. The Bertz CT molecular complexity index is 727. The molecule has 1 saturated heterocycles. The summed E-state index contributed by atoms with van der Waals surface area (Å²) in [6.07, 6.45) is 3.18. The molecule has 1 aliphatic rings. The minimum absolute atomic E-state index is 0.0299. The Balaban J connectivity index is 1.53. The Morgan fingerprint density at radius 1 is 1.42 bits per heavy atom. The van der Waals surface area contributed by atoms with Crippen LogP contribution in [-0.4, -0.2) is 51.9 Å². The Kier molecular flexibility index (Phi) is 5.29. The van der Waals surface area contributed by atoms with E-state index in [-0.39, 0.29) is 18.3 Å². The lowest BCUT2D eigenvalue weighted by atomic mass is 10.2. The Labute approximate surface area is 139 Å². The van der Waals surface area contributed by atoms with Crippen LogP contribution < -0.4 is 10.9 Å². The van der Waals surface area contributed by atoms with Crippen LogP contribution in [0.4, 0.5) is 5.82 Å². The predicted molar refractivity (Wildman–Crippen MR) is 87.6 cm³/mol. The van der Waals surface area contributed by atoms with E-state index in [1.54, 1.807) is 25.5 Å². The van der Waals surface area contributed by atoms with Gasteiger partial charge in [0.05, 0.1) is 19.3 Å². The first-order valence-electron chi connectivity index (χ1n) is 7.93. The minimum atomic E-state index is -0.155. The number of aryl methyl sites for hydroxylation is 1. The lowest BCUT2D eigenvalue weighted by Gasteiger charge is -2.32. The van der Waals surface area contributed by atoms with Gasteiger partial charge in [0.1, 0.15) is 18.1 Å². The standard InChI is InChI=1S/C16H22N4O4/c1-19-5-4-17-15(16(19)22)18-8-14-10-20(6-7-23-14)9-12-2-3-13(11-21)24-12/h2-5,14,21H,6-11H2,1H3,(H,17,18)/t14-/m0/s1. The molecule has 0 aromatic carbocycles. The van der Waals surface area contributed by atoms with Crippen molar-refractivity contribution in [1.29, 1.82) is 0 Å². The lowest BCUT2D eigenvalue weighted by Crippen LogP contribution is -2.45. The van der Waals surface area contributed by atoms with Gasteiger partial charge in [0, 0.05) is 39.1 Å². The summed E-state index contributed by atoms with van der Waals surface area (Å²) >= 11 is 0. The number of hydrogen-bond donors (Lipinski definition) is 2. The summed E-state index contributed by atoms with van der Waals surface area (Å²) in [7, 11) is 1.69. The van der Waals surface area contributed by atoms with Crippen molar-refractivity contribution in [1.82, 2.24) is 14.5 Å². The molecule has 2 N–H and O–H groups in total. The number of nitrogens with zero attached hydrogens (tertiary/aromatic N) is 3. The fourth-order valence-electron chi connectivity index (χ4n) is 2.69. The van der Waals surface area contributed by atoms with Crippen LogP contribution in [-0.2, 0) is 24.9 Å². The van der Waals surface area contributed by atoms with Crippen molar-refractivity contribution in [3.8, 4) is 0 Å². The Morgan fingerprint density at radius 3 is 3.04 bits per heavy atom. The molecule has 0 bridgehead atoms. The van der Waals surface area contributed by atoms with Crippen molar-refractivity contribution < 1.29 is 14.3 Å². The van der Waals surface area contributed by atoms with Crippen LogP contribution in [0.5, 0.6) is 0 Å². The Morgan fingerprint density at radius 2 is 2.25 bits per heavy atom. The zero-order valence-electron chi connectivity index (χ0n) is 13.6. The third-order valence-electron chi connectivity index (χ3n) is 3.99. The molecule has 2 aromatic rings. The van der Waals surface area contributed by atoms with Crippen LogP contribution >= 0.6 is 0 Å². The van der Waals surface area contributed by atoms with Crippen molar-refractivity contribution >= 4 is 5.82 Å². The molecular formula is C16H22N4O4. The van der Waals surface area contributed by atoms with Gasteiger partial charge < -0.3 is 24.1 Å². The number of morpholine rings is 1. The van der Waals surface area contributed by atoms with Crippen LogP contribution in [0.1, 0.15) is 11.5 Å². The van der Waals surface area contributed by atoms with E-state index in [2.05, 4.69) is 15.2 Å². The van der Waals surface area contributed by atoms with E-state index in [9.17, 15) is 4.79 Å². The van der Waals surface area contributed by atoms with Crippen LogP contribution in [0.25, 0.3) is 0 Å². The van der Waals surface area contributed by atoms with Gasteiger partial charge in [-0.2, -0.15) is 0 Å². The lowest BCUT2D eigenvalue weighted by molar-refractivity contribution is -0.0260. The first-order valence-corrected chi connectivity index (χ1v) is 7.93. The molecule has 0 aliphatic carbocycles. The average Bonchev–Trinajstić information content (AvgIpc) is 3.04. The first-order chi connectivity index (χ1) is 11.7. The second-order valence-corrected chi connectivity index (χ2v) is 5.83. The molecule has 130 valence electrons. The topological polar surface area (TPSA) is 92.8 Å². The van der Waals surface area contributed by atoms with Gasteiger partial charge in [-0.05, 0) is 12.1 Å². The number of aromatic nitrogens is 2. The zero-order chi connectivity index (χ0) is 16.9. The number of rotatable bonds is 6. The highest BCUT2D eigenvalue weighted by molar-refractivity contribution is 5.30. The zero-order valence-corrected chi connectivity index (χ0v) is 13.6. The van der Waals surface area contributed by atoms with E-state index in [1.807, 2.05) is 6.07 Å². The summed E-state index contributed by atoms with van der Waals surface area (Å²) in [5.41, 5.74) is -0.155. The van der Waals surface area contributed by atoms with Crippen molar-refractivity contribution in [2.24, 2.45) is 7.05 Å². The smallest absolute Gasteiger partial charge is 0.293 e. The van der Waals surface area contributed by atoms with E-state index in [4.69, 9.17) is 14.3 Å². The summed E-state index contributed by atoms with van der Waals surface area (Å²) in [4.78, 5) is 18.2. The van der Waals surface area contributed by atoms with Gasteiger partial charge in [-0.1, -0.05) is 0 Å². The molecule has 1 aliphatic heterocycles. The molecule has 8 nitrogen and oxygen atoms in total. The average molecular weight is 334 g/mol. The molecule has 0 saturated carbocycles. The van der Waals surface area contributed by atoms with Crippen molar-refractivity contribution in [3.63, 3.8) is 0 Å². The second kappa shape index (κ2) is 7.61. The predicted octanol–water partition coefficient (Wildman–Crippen LogP) is 0.178. The first kappa shape index (κ1) is 16.7. The van der Waals surface area contributed by atoms with Crippen molar-refractivity contribution in [2.75, 3.05) is 31.6 Å². The van der Waals surface area contributed by atoms with Crippen molar-refractivity contribution in [3.05, 3.63) is 46.4 Å². The van der Waals surface area contributed by atoms with Gasteiger partial charge in [0.15, 0.2) is 5.82 Å². The van der Waals surface area contributed by atoms with E-state index in [0.717, 1.165) is 18.8 Å². The SMILES string of the molecule is Cn1ccnc(NC[C@H]2CN(Cc3ccc(CO)o3)CCO2)c1=O. The van der Waals surface area contributed by atoms with Gasteiger partial charge in [-0.15, -0.1) is 0 Å². The highest BCUT2D eigenvalue weighted by Crippen LogP contribution is 2.14. The van der Waals surface area contributed by atoms with Crippen LogP contribution in [0.15, 0.2) is 33.7 Å². The molecule has 0 radical (unpaired) electrons. The fraction of sp³-hybridized carbons (Fsp3) is 0.500. The highest BCUT2D eigenvalue weighted by atomic mass is 16.5. The normalized spacial score (nSPS) is 18.7. The van der Waals surface area contributed by atoms with Crippen molar-refractivity contribution in [2.45, 2.75) is 19.3 Å². The molecule has 0 spiro atoms. The van der Waals surface area contributed by atoms with E-state index in [1.165, 1.54) is 4.57 Å². The molecule has 0 amide bonds. The van der Waals surface area contributed by atoms with E-state index < -0.39 is 0 Å². The number of furan rings is 1. The molecule has 3 heterocycles. The molecule has 8 heteroatoms. The molecule has 1 fully saturated rings. The number of anilines is 1. The molecule has 24 heavy (non-hydrogen) atoms. The molecule has 0 unspecified atom stereocenters. The number of aliphatic hydroxyl groups excluding tert-OH is 1. The van der Waals surface area contributed by atoms with E-state index in [0.29, 0.717) is 31.3 Å². The van der Waals surface area contributed by atoms with Crippen LogP contribution in [0.3, 0.4) is 0 Å². The maximum atomic E-state index is 11.9. The van der Waals surface area contributed by atoms with Gasteiger partial charge in [-0.25, -0.2) is 4.98 Å². The highest BCUT2D eigenvalue weighted by Gasteiger charge is 2.21. The Hall–Kier alpha value is -2.16. The summed E-state index contributed by atoms with van der Waals surface area (Å²) < 4.78 is 12.8. The number of aliphatic hydroxyl groups is 1. The third kappa shape index (κ3) is 4.02. The van der Waals surface area contributed by atoms with Gasteiger partial charge >= 0.3 is 0 Å². The number of ether oxygens (including phenoxy) is 1. The molecule has 3 rings (SSSR count). The third-order valence-corrected chi connectivity index (χ3v) is 3.99. The quantitative estimate of drug-likeness (QED) is 0.778.